The molecule has 1 heterocycles. The fourth-order valence-electron chi connectivity index (χ4n) is 4.84. The van der Waals surface area contributed by atoms with E-state index in [1.165, 1.54) is 5.56 Å². The van der Waals surface area contributed by atoms with Crippen LogP contribution in [0, 0.1) is 0 Å². The second kappa shape index (κ2) is 15.7. The van der Waals surface area contributed by atoms with Crippen molar-refractivity contribution in [1.82, 2.24) is 15.5 Å². The second-order valence-electron chi connectivity index (χ2n) is 10.4. The molecule has 226 valence electrons. The van der Waals surface area contributed by atoms with Gasteiger partial charge >= 0.3 is 0 Å². The zero-order valence-electron chi connectivity index (χ0n) is 23.9. The van der Waals surface area contributed by atoms with Gasteiger partial charge in [0, 0.05) is 23.8 Å². The Kier molecular flexibility index (Phi) is 12.4. The Morgan fingerprint density at radius 3 is 2.10 bits per heavy atom. The van der Waals surface area contributed by atoms with Crippen molar-refractivity contribution in [1.29, 1.82) is 0 Å². The van der Waals surface area contributed by atoms with Gasteiger partial charge in [-0.2, -0.15) is 0 Å². The number of likely N-dealkylation sites (tertiary alicyclic amines) is 1. The first-order valence-electron chi connectivity index (χ1n) is 13.9. The molecular formula is C31H39ClN4O5S. The third kappa shape index (κ3) is 10.4. The molecule has 0 aliphatic carbocycles. The molecule has 1 aliphatic heterocycles. The van der Waals surface area contributed by atoms with Crippen LogP contribution in [0.15, 0.2) is 78.9 Å². The van der Waals surface area contributed by atoms with Gasteiger partial charge in [0.05, 0.1) is 12.3 Å². The summed E-state index contributed by atoms with van der Waals surface area (Å²) in [6.07, 6.45) is 4.47. The Morgan fingerprint density at radius 1 is 0.929 bits per heavy atom. The molecule has 4 rings (SSSR count). The lowest BCUT2D eigenvalue weighted by molar-refractivity contribution is -0.122. The Labute approximate surface area is 254 Å². The SMILES string of the molecule is CCCC(NC1CCN(Cc2ccc(Oc3ccc(NS(C)(=O)=O)cc3)cc2)CC1)C(=O)NC(=O)c1ccccc1.Cl. The van der Waals surface area contributed by atoms with Crippen molar-refractivity contribution in [3.63, 3.8) is 0 Å². The van der Waals surface area contributed by atoms with Crippen molar-refractivity contribution in [2.45, 2.75) is 51.2 Å². The van der Waals surface area contributed by atoms with Crippen LogP contribution in [0.5, 0.6) is 11.5 Å². The van der Waals surface area contributed by atoms with E-state index in [4.69, 9.17) is 4.74 Å². The quantitative estimate of drug-likeness (QED) is 0.264. The molecule has 9 nitrogen and oxygen atoms in total. The number of ether oxygens (including phenoxy) is 1. The molecule has 3 aromatic rings. The zero-order chi connectivity index (χ0) is 29.2. The van der Waals surface area contributed by atoms with Crippen molar-refractivity contribution in [2.75, 3.05) is 24.1 Å². The van der Waals surface area contributed by atoms with E-state index in [2.05, 4.69) is 20.3 Å². The first kappa shape index (κ1) is 33.1. The topological polar surface area (TPSA) is 117 Å². The maximum Gasteiger partial charge on any atom is 0.257 e. The van der Waals surface area contributed by atoms with Crippen LogP contribution in [0.25, 0.3) is 0 Å². The predicted octanol–water partition coefficient (Wildman–Crippen LogP) is 4.95. The highest BCUT2D eigenvalue weighted by Gasteiger charge is 2.26. The summed E-state index contributed by atoms with van der Waals surface area (Å²) in [6, 6.07) is 23.3. The van der Waals surface area contributed by atoms with Crippen molar-refractivity contribution in [3.05, 3.63) is 90.0 Å². The van der Waals surface area contributed by atoms with Crippen LogP contribution in [-0.4, -0.2) is 56.6 Å². The molecule has 2 amide bonds. The van der Waals surface area contributed by atoms with Crippen LogP contribution in [0.3, 0.4) is 0 Å². The lowest BCUT2D eigenvalue weighted by Gasteiger charge is -2.34. The first-order chi connectivity index (χ1) is 19.7. The summed E-state index contributed by atoms with van der Waals surface area (Å²) in [4.78, 5) is 27.7. The number of sulfonamides is 1. The molecule has 0 radical (unpaired) electrons. The molecule has 1 aliphatic rings. The third-order valence-corrected chi connectivity index (χ3v) is 7.52. The molecule has 1 atom stereocenters. The van der Waals surface area contributed by atoms with E-state index >= 15 is 0 Å². The fraction of sp³-hybridized carbons (Fsp3) is 0.355. The van der Waals surface area contributed by atoms with E-state index in [-0.39, 0.29) is 30.3 Å². The van der Waals surface area contributed by atoms with E-state index in [0.717, 1.165) is 45.2 Å². The number of piperidine rings is 1. The molecule has 3 aromatic carbocycles. The van der Waals surface area contributed by atoms with Gasteiger partial charge in [0.15, 0.2) is 0 Å². The zero-order valence-corrected chi connectivity index (χ0v) is 25.5. The van der Waals surface area contributed by atoms with E-state index in [1.807, 2.05) is 37.3 Å². The van der Waals surface area contributed by atoms with Gasteiger partial charge in [0.1, 0.15) is 11.5 Å². The highest BCUT2D eigenvalue weighted by molar-refractivity contribution is 7.92. The lowest BCUT2D eigenvalue weighted by atomic mass is 10.0. The number of nitrogens with one attached hydrogen (secondary N) is 3. The Bertz CT molecular complexity index is 1400. The van der Waals surface area contributed by atoms with Crippen molar-refractivity contribution in [3.8, 4) is 11.5 Å². The van der Waals surface area contributed by atoms with Gasteiger partial charge in [-0.05, 0) is 86.4 Å². The van der Waals surface area contributed by atoms with Crippen LogP contribution in [0.1, 0.15) is 48.5 Å². The standard InChI is InChI=1S/C31H38N4O5S.ClH/c1-3-7-29(31(37)33-30(36)24-8-5-4-6-9-24)32-25-18-20-35(21-19-25)22-23-10-14-27(15-11-23)40-28-16-12-26(13-17-28)34-41(2,38)39;/h4-6,8-17,25,29,32,34H,3,7,18-22H2,1-2H3,(H,33,36,37);1H. The lowest BCUT2D eigenvalue weighted by Crippen LogP contribution is -2.52. The van der Waals surface area contributed by atoms with Gasteiger partial charge in [-0.25, -0.2) is 8.42 Å². The summed E-state index contributed by atoms with van der Waals surface area (Å²) < 4.78 is 31.0. The number of rotatable bonds is 12. The van der Waals surface area contributed by atoms with Gasteiger partial charge < -0.3 is 10.1 Å². The van der Waals surface area contributed by atoms with E-state index in [9.17, 15) is 18.0 Å². The summed E-state index contributed by atoms with van der Waals surface area (Å²) in [5, 5.41) is 6.06. The number of hydrogen-bond acceptors (Lipinski definition) is 7. The highest BCUT2D eigenvalue weighted by atomic mass is 35.5. The summed E-state index contributed by atoms with van der Waals surface area (Å²) in [5.74, 6) is 0.675. The highest BCUT2D eigenvalue weighted by Crippen LogP contribution is 2.24. The van der Waals surface area contributed by atoms with Gasteiger partial charge in [0.25, 0.3) is 5.91 Å². The number of anilines is 1. The number of carbonyl (C=O) groups is 2. The summed E-state index contributed by atoms with van der Waals surface area (Å²) in [6.45, 7) is 4.68. The van der Waals surface area contributed by atoms with Gasteiger partial charge in [-0.1, -0.05) is 43.7 Å². The first-order valence-corrected chi connectivity index (χ1v) is 15.8. The molecule has 3 N–H and O–H groups in total. The fourth-order valence-corrected chi connectivity index (χ4v) is 5.41. The minimum atomic E-state index is -3.32. The maximum atomic E-state index is 12.9. The Morgan fingerprint density at radius 2 is 1.52 bits per heavy atom. The molecule has 0 saturated carbocycles. The molecule has 0 spiro atoms. The number of benzene rings is 3. The summed E-state index contributed by atoms with van der Waals surface area (Å²) >= 11 is 0. The number of halogens is 1. The van der Waals surface area contributed by atoms with Crippen molar-refractivity contribution < 1.29 is 22.7 Å². The molecule has 0 bridgehead atoms. The molecule has 0 aromatic heterocycles. The Hall–Kier alpha value is -3.44. The number of amides is 2. The second-order valence-corrected chi connectivity index (χ2v) is 12.1. The van der Waals surface area contributed by atoms with E-state index in [0.29, 0.717) is 29.2 Å². The average molecular weight is 615 g/mol. The molecule has 42 heavy (non-hydrogen) atoms. The van der Waals surface area contributed by atoms with Gasteiger partial charge in [-0.15, -0.1) is 12.4 Å². The summed E-state index contributed by atoms with van der Waals surface area (Å²) in [5.41, 5.74) is 2.14. The molecule has 1 saturated heterocycles. The largest absolute Gasteiger partial charge is 0.457 e. The molecule has 1 unspecified atom stereocenters. The van der Waals surface area contributed by atoms with Crippen LogP contribution < -0.4 is 20.1 Å². The number of nitrogens with zero attached hydrogens (tertiary/aromatic N) is 1. The van der Waals surface area contributed by atoms with Crippen LogP contribution in [0.4, 0.5) is 5.69 Å². The van der Waals surface area contributed by atoms with E-state index in [1.54, 1.807) is 48.5 Å². The molecule has 1 fully saturated rings. The van der Waals surface area contributed by atoms with Gasteiger partial charge in [0.2, 0.25) is 15.9 Å². The maximum absolute atomic E-state index is 12.9. The van der Waals surface area contributed by atoms with Crippen molar-refractivity contribution >= 4 is 39.9 Å². The number of carbonyl (C=O) groups excluding carboxylic acids is 2. The molecular weight excluding hydrogens is 576 g/mol. The monoisotopic (exact) mass is 614 g/mol. The minimum absolute atomic E-state index is 0. The van der Waals surface area contributed by atoms with Crippen LogP contribution in [-0.2, 0) is 21.4 Å². The summed E-state index contributed by atoms with van der Waals surface area (Å²) in [7, 11) is -3.32. The van der Waals surface area contributed by atoms with Crippen LogP contribution in [0.2, 0.25) is 0 Å². The van der Waals surface area contributed by atoms with Crippen LogP contribution >= 0.6 is 12.4 Å². The average Bonchev–Trinajstić information content (AvgIpc) is 2.95. The molecule has 11 heteroatoms. The number of imide groups is 1. The normalized spacial score (nSPS) is 14.8. The van der Waals surface area contributed by atoms with E-state index < -0.39 is 16.1 Å². The van der Waals surface area contributed by atoms with Crippen molar-refractivity contribution in [2.24, 2.45) is 0 Å². The third-order valence-electron chi connectivity index (χ3n) is 6.91. The smallest absolute Gasteiger partial charge is 0.257 e. The van der Waals surface area contributed by atoms with Gasteiger partial charge in [-0.3, -0.25) is 24.5 Å². The Balaban J connectivity index is 0.00000484. The predicted molar refractivity (Wildman–Crippen MR) is 168 cm³/mol. The number of hydrogen-bond donors (Lipinski definition) is 3. The minimum Gasteiger partial charge on any atom is -0.457 e.